The molecule has 0 aromatic rings. The summed E-state index contributed by atoms with van der Waals surface area (Å²) in [5.74, 6) is -1.15. The fraction of sp³-hybridized carbons (Fsp3) is 0.846. The lowest BCUT2D eigenvalue weighted by Crippen LogP contribution is -2.57. The molecule has 3 atom stereocenters. The van der Waals surface area contributed by atoms with Crippen molar-refractivity contribution in [2.24, 2.45) is 17.6 Å². The third-order valence-electron chi connectivity index (χ3n) is 3.84. The molecule has 1 fully saturated rings. The highest BCUT2D eigenvalue weighted by atomic mass is 16.4. The summed E-state index contributed by atoms with van der Waals surface area (Å²) >= 11 is 0. The molecule has 18 heavy (non-hydrogen) atoms. The zero-order valence-corrected chi connectivity index (χ0v) is 11.2. The number of hydrogen-bond acceptors (Lipinski definition) is 3. The largest absolute Gasteiger partial charge is 0.481 e. The van der Waals surface area contributed by atoms with Gasteiger partial charge in [-0.25, -0.2) is 0 Å². The van der Waals surface area contributed by atoms with Gasteiger partial charge < -0.3 is 16.2 Å². The van der Waals surface area contributed by atoms with Crippen molar-refractivity contribution in [3.05, 3.63) is 0 Å². The average Bonchev–Trinajstić information content (AvgIpc) is 2.28. The Kier molecular flexibility index (Phi) is 5.14. The monoisotopic (exact) mass is 256 g/mol. The Balaban J connectivity index is 2.51. The van der Waals surface area contributed by atoms with Crippen LogP contribution in [0.3, 0.4) is 0 Å². The lowest BCUT2D eigenvalue weighted by Gasteiger charge is -2.35. The maximum Gasteiger partial charge on any atom is 0.308 e. The highest BCUT2D eigenvalue weighted by molar-refractivity contribution is 5.86. The van der Waals surface area contributed by atoms with E-state index < -0.39 is 17.4 Å². The summed E-state index contributed by atoms with van der Waals surface area (Å²) in [7, 11) is 0. The van der Waals surface area contributed by atoms with E-state index in [1.165, 1.54) is 0 Å². The van der Waals surface area contributed by atoms with Crippen LogP contribution in [-0.4, -0.2) is 29.1 Å². The van der Waals surface area contributed by atoms with Crippen LogP contribution in [0, 0.1) is 11.8 Å². The molecule has 1 rings (SSSR count). The molecule has 1 aliphatic carbocycles. The number of hydrogen-bond donors (Lipinski definition) is 3. The van der Waals surface area contributed by atoms with E-state index in [0.717, 1.165) is 12.8 Å². The smallest absolute Gasteiger partial charge is 0.308 e. The van der Waals surface area contributed by atoms with Crippen LogP contribution in [0.4, 0.5) is 0 Å². The quantitative estimate of drug-likeness (QED) is 0.687. The Morgan fingerprint density at radius 3 is 2.72 bits per heavy atom. The summed E-state index contributed by atoms with van der Waals surface area (Å²) in [6.07, 6.45) is 3.94. The molecule has 5 heteroatoms. The second kappa shape index (κ2) is 6.18. The SMILES string of the molecule is CCC(CNC(=O)C1(N)CCCC(C)C1)C(=O)O. The van der Waals surface area contributed by atoms with Crippen LogP contribution in [0.15, 0.2) is 0 Å². The van der Waals surface area contributed by atoms with Crippen LogP contribution < -0.4 is 11.1 Å². The van der Waals surface area contributed by atoms with E-state index in [0.29, 0.717) is 25.2 Å². The van der Waals surface area contributed by atoms with Gasteiger partial charge in [-0.1, -0.05) is 26.7 Å². The van der Waals surface area contributed by atoms with Gasteiger partial charge in [0.1, 0.15) is 0 Å². The number of nitrogens with two attached hydrogens (primary N) is 1. The van der Waals surface area contributed by atoms with Gasteiger partial charge in [0.15, 0.2) is 0 Å². The zero-order valence-electron chi connectivity index (χ0n) is 11.2. The van der Waals surface area contributed by atoms with Crippen LogP contribution in [0.25, 0.3) is 0 Å². The number of nitrogens with one attached hydrogen (secondary N) is 1. The number of rotatable bonds is 5. The number of carboxylic acid groups (broad SMARTS) is 1. The van der Waals surface area contributed by atoms with E-state index >= 15 is 0 Å². The standard InChI is InChI=1S/C13H24N2O3/c1-3-10(11(16)17)8-15-12(18)13(14)6-4-5-9(2)7-13/h9-10H,3-8,14H2,1-2H3,(H,15,18)(H,16,17). The summed E-state index contributed by atoms with van der Waals surface area (Å²) in [5, 5.41) is 11.6. The number of aliphatic carboxylic acids is 1. The summed E-state index contributed by atoms with van der Waals surface area (Å²) < 4.78 is 0. The van der Waals surface area contributed by atoms with Crippen LogP contribution in [0.5, 0.6) is 0 Å². The molecule has 5 nitrogen and oxygen atoms in total. The molecule has 0 heterocycles. The van der Waals surface area contributed by atoms with Gasteiger partial charge in [0.05, 0.1) is 11.5 Å². The minimum absolute atomic E-state index is 0.165. The molecule has 0 aliphatic heterocycles. The topological polar surface area (TPSA) is 92.4 Å². The lowest BCUT2D eigenvalue weighted by molar-refractivity contribution is -0.142. The van der Waals surface area contributed by atoms with E-state index in [1.807, 2.05) is 0 Å². The van der Waals surface area contributed by atoms with Gasteiger partial charge in [0.2, 0.25) is 5.91 Å². The highest BCUT2D eigenvalue weighted by Crippen LogP contribution is 2.30. The predicted octanol–water partition coefficient (Wildman–Crippen LogP) is 1.12. The fourth-order valence-electron chi connectivity index (χ4n) is 2.60. The van der Waals surface area contributed by atoms with Gasteiger partial charge in [-0.15, -0.1) is 0 Å². The summed E-state index contributed by atoms with van der Waals surface area (Å²) in [5.41, 5.74) is 5.33. The van der Waals surface area contributed by atoms with Crippen molar-refractivity contribution >= 4 is 11.9 Å². The molecule has 0 saturated heterocycles. The molecule has 1 saturated carbocycles. The highest BCUT2D eigenvalue weighted by Gasteiger charge is 2.38. The van der Waals surface area contributed by atoms with E-state index in [4.69, 9.17) is 10.8 Å². The number of carbonyl (C=O) groups is 2. The third-order valence-corrected chi connectivity index (χ3v) is 3.84. The van der Waals surface area contributed by atoms with Crippen LogP contribution >= 0.6 is 0 Å². The lowest BCUT2D eigenvalue weighted by atomic mass is 9.76. The summed E-state index contributed by atoms with van der Waals surface area (Å²) in [6, 6.07) is 0. The van der Waals surface area contributed by atoms with Gasteiger partial charge >= 0.3 is 5.97 Å². The molecule has 104 valence electrons. The normalized spacial score (nSPS) is 29.6. The predicted molar refractivity (Wildman–Crippen MR) is 69.0 cm³/mol. The Hall–Kier alpha value is -1.10. The number of carboxylic acids is 1. The van der Waals surface area contributed by atoms with Crippen molar-refractivity contribution in [1.82, 2.24) is 5.32 Å². The molecule has 0 aromatic carbocycles. The number of carbonyl (C=O) groups excluding carboxylic acids is 1. The van der Waals surface area contributed by atoms with Crippen molar-refractivity contribution in [2.45, 2.75) is 51.5 Å². The van der Waals surface area contributed by atoms with E-state index in [-0.39, 0.29) is 12.5 Å². The maximum absolute atomic E-state index is 12.1. The summed E-state index contributed by atoms with van der Waals surface area (Å²) in [4.78, 5) is 22.9. The van der Waals surface area contributed by atoms with Gasteiger partial charge in [0, 0.05) is 6.54 Å². The second-order valence-electron chi connectivity index (χ2n) is 5.51. The van der Waals surface area contributed by atoms with Gasteiger partial charge in [-0.3, -0.25) is 9.59 Å². The molecule has 1 amide bonds. The first kappa shape index (κ1) is 15.0. The Labute approximate surface area is 108 Å². The number of amides is 1. The van der Waals surface area contributed by atoms with Gasteiger partial charge in [-0.05, 0) is 25.2 Å². The first-order chi connectivity index (χ1) is 8.39. The van der Waals surface area contributed by atoms with Crippen molar-refractivity contribution in [2.75, 3.05) is 6.54 Å². The fourth-order valence-corrected chi connectivity index (χ4v) is 2.60. The van der Waals surface area contributed by atoms with E-state index in [1.54, 1.807) is 6.92 Å². The maximum atomic E-state index is 12.1. The summed E-state index contributed by atoms with van der Waals surface area (Å²) in [6.45, 7) is 4.06. The van der Waals surface area contributed by atoms with Gasteiger partial charge in [-0.2, -0.15) is 0 Å². The van der Waals surface area contributed by atoms with Crippen molar-refractivity contribution in [1.29, 1.82) is 0 Å². The zero-order chi connectivity index (χ0) is 13.8. The molecule has 4 N–H and O–H groups in total. The van der Waals surface area contributed by atoms with E-state index in [2.05, 4.69) is 12.2 Å². The molecule has 1 aliphatic rings. The molecule has 0 radical (unpaired) electrons. The second-order valence-corrected chi connectivity index (χ2v) is 5.51. The first-order valence-electron chi connectivity index (χ1n) is 6.69. The third kappa shape index (κ3) is 3.70. The van der Waals surface area contributed by atoms with Crippen molar-refractivity contribution in [3.8, 4) is 0 Å². The van der Waals surface area contributed by atoms with Gasteiger partial charge in [0.25, 0.3) is 0 Å². The van der Waals surface area contributed by atoms with E-state index in [9.17, 15) is 9.59 Å². The Morgan fingerprint density at radius 1 is 1.56 bits per heavy atom. The minimum Gasteiger partial charge on any atom is -0.481 e. The van der Waals surface area contributed by atoms with Crippen molar-refractivity contribution in [3.63, 3.8) is 0 Å². The molecule has 0 aromatic heterocycles. The van der Waals surface area contributed by atoms with Crippen molar-refractivity contribution < 1.29 is 14.7 Å². The molecular weight excluding hydrogens is 232 g/mol. The minimum atomic E-state index is -0.874. The van der Waals surface area contributed by atoms with Crippen LogP contribution in [0.2, 0.25) is 0 Å². The first-order valence-corrected chi connectivity index (χ1v) is 6.69. The molecule has 3 unspecified atom stereocenters. The average molecular weight is 256 g/mol. The molecular formula is C13H24N2O3. The molecule has 0 bridgehead atoms. The molecule has 0 spiro atoms. The Bertz CT molecular complexity index is 319. The Morgan fingerprint density at radius 2 is 2.22 bits per heavy atom. The van der Waals surface area contributed by atoms with Crippen LogP contribution in [0.1, 0.15) is 46.0 Å². The van der Waals surface area contributed by atoms with Crippen LogP contribution in [-0.2, 0) is 9.59 Å².